The second kappa shape index (κ2) is 7.37. The summed E-state index contributed by atoms with van der Waals surface area (Å²) in [5, 5.41) is 7.33. The van der Waals surface area contributed by atoms with Gasteiger partial charge >= 0.3 is 0 Å². The zero-order valence-corrected chi connectivity index (χ0v) is 17.5. The Balaban J connectivity index is 1.51. The number of benzene rings is 1. The molecule has 1 atom stereocenters. The Morgan fingerprint density at radius 3 is 2.68 bits per heavy atom. The first kappa shape index (κ1) is 19.5. The summed E-state index contributed by atoms with van der Waals surface area (Å²) >= 11 is 0. The van der Waals surface area contributed by atoms with E-state index in [2.05, 4.69) is 17.0 Å². The molecule has 8 heteroatoms. The average molecular weight is 419 g/mol. The van der Waals surface area contributed by atoms with E-state index in [-0.39, 0.29) is 29.7 Å². The molecule has 160 valence electrons. The Kier molecular flexibility index (Phi) is 4.64. The van der Waals surface area contributed by atoms with Gasteiger partial charge in [0.2, 0.25) is 17.7 Å². The number of carbonyl (C=O) groups excluding carboxylic acids is 3. The van der Waals surface area contributed by atoms with E-state index in [1.165, 1.54) is 6.92 Å². The fourth-order valence-electron chi connectivity index (χ4n) is 4.44. The summed E-state index contributed by atoms with van der Waals surface area (Å²) in [6.07, 6.45) is 6.82. The quantitative estimate of drug-likeness (QED) is 0.829. The normalized spacial score (nSPS) is 21.0. The predicted octanol–water partition coefficient (Wildman–Crippen LogP) is 2.62. The topological polar surface area (TPSA) is 87.5 Å². The summed E-state index contributed by atoms with van der Waals surface area (Å²) in [5.74, 6) is 0.0711. The van der Waals surface area contributed by atoms with Crippen LogP contribution in [0.2, 0.25) is 0 Å². The molecule has 1 unspecified atom stereocenters. The summed E-state index contributed by atoms with van der Waals surface area (Å²) in [4.78, 5) is 40.3. The molecule has 5 rings (SSSR count). The third kappa shape index (κ3) is 3.52. The Morgan fingerprint density at radius 2 is 1.97 bits per heavy atom. The van der Waals surface area contributed by atoms with Crippen molar-refractivity contribution in [1.29, 1.82) is 0 Å². The molecule has 0 bridgehead atoms. The number of nitrogens with zero attached hydrogens (tertiary/aromatic N) is 4. The number of carbonyl (C=O) groups is 3. The summed E-state index contributed by atoms with van der Waals surface area (Å²) < 4.78 is 1.85. The van der Waals surface area contributed by atoms with Gasteiger partial charge in [0.15, 0.2) is 0 Å². The van der Waals surface area contributed by atoms with Gasteiger partial charge in [-0.25, -0.2) is 0 Å². The van der Waals surface area contributed by atoms with E-state index >= 15 is 0 Å². The standard InChI is InChI=1S/C23H25N5O3/c1-14-12-26(23(31)16-3-4-16)21-9-17(5-6-20(21)28(14)15(2)29)18-11-25-27(13-18)19-7-8-24-22(30)10-19/h5-6,9,11,13,16,19H,1,3-4,7-8,10,12H2,2H3,(H,24,30). The van der Waals surface area contributed by atoms with Crippen LogP contribution in [-0.4, -0.2) is 40.6 Å². The molecule has 3 heterocycles. The maximum absolute atomic E-state index is 13.0. The molecule has 3 amide bonds. The van der Waals surface area contributed by atoms with Gasteiger partial charge < -0.3 is 10.2 Å². The van der Waals surface area contributed by atoms with Crippen molar-refractivity contribution in [3.8, 4) is 11.1 Å². The average Bonchev–Trinajstić information content (AvgIpc) is 3.48. The predicted molar refractivity (Wildman–Crippen MR) is 116 cm³/mol. The molecule has 1 aromatic heterocycles. The second-order valence-electron chi connectivity index (χ2n) is 8.53. The number of nitrogens with one attached hydrogen (secondary N) is 1. The molecule has 1 saturated carbocycles. The van der Waals surface area contributed by atoms with Gasteiger partial charge in [0.25, 0.3) is 0 Å². The molecule has 0 spiro atoms. The van der Waals surface area contributed by atoms with Crippen LogP contribution < -0.4 is 15.1 Å². The highest BCUT2D eigenvalue weighted by Gasteiger charge is 2.38. The van der Waals surface area contributed by atoms with Gasteiger partial charge in [0.1, 0.15) is 0 Å². The zero-order valence-electron chi connectivity index (χ0n) is 17.5. The van der Waals surface area contributed by atoms with Crippen molar-refractivity contribution in [2.45, 2.75) is 38.6 Å². The lowest BCUT2D eigenvalue weighted by molar-refractivity contribution is -0.123. The highest BCUT2D eigenvalue weighted by Crippen LogP contribution is 2.42. The molecule has 1 aliphatic carbocycles. The Hall–Kier alpha value is -3.42. The van der Waals surface area contributed by atoms with E-state index in [1.54, 1.807) is 16.0 Å². The number of fused-ring (bicyclic) bond motifs is 1. The van der Waals surface area contributed by atoms with Crippen LogP contribution in [0.25, 0.3) is 11.1 Å². The van der Waals surface area contributed by atoms with Crippen molar-refractivity contribution in [3.63, 3.8) is 0 Å². The minimum Gasteiger partial charge on any atom is -0.356 e. The maximum atomic E-state index is 13.0. The molecule has 1 saturated heterocycles. The van der Waals surface area contributed by atoms with Gasteiger partial charge in [-0.2, -0.15) is 5.10 Å². The van der Waals surface area contributed by atoms with Crippen LogP contribution >= 0.6 is 0 Å². The van der Waals surface area contributed by atoms with Crippen LogP contribution in [0, 0.1) is 5.92 Å². The summed E-state index contributed by atoms with van der Waals surface area (Å²) in [6, 6.07) is 5.80. The first-order chi connectivity index (χ1) is 14.9. The van der Waals surface area contributed by atoms with E-state index in [0.717, 1.165) is 36.1 Å². The van der Waals surface area contributed by atoms with Crippen molar-refractivity contribution >= 4 is 29.1 Å². The van der Waals surface area contributed by atoms with E-state index in [1.807, 2.05) is 29.1 Å². The van der Waals surface area contributed by atoms with Gasteiger partial charge in [-0.3, -0.25) is 24.0 Å². The second-order valence-corrected chi connectivity index (χ2v) is 8.53. The summed E-state index contributed by atoms with van der Waals surface area (Å²) in [6.45, 7) is 6.50. The fraction of sp³-hybridized carbons (Fsp3) is 0.391. The Morgan fingerprint density at radius 1 is 1.16 bits per heavy atom. The molecule has 31 heavy (non-hydrogen) atoms. The first-order valence-electron chi connectivity index (χ1n) is 10.7. The molecular weight excluding hydrogens is 394 g/mol. The van der Waals surface area contributed by atoms with Gasteiger partial charge in [-0.05, 0) is 37.0 Å². The lowest BCUT2D eigenvalue weighted by atomic mass is 10.0. The number of rotatable bonds is 3. The third-order valence-corrected chi connectivity index (χ3v) is 6.20. The van der Waals surface area contributed by atoms with Crippen LogP contribution in [0.1, 0.15) is 38.6 Å². The third-order valence-electron chi connectivity index (χ3n) is 6.20. The van der Waals surface area contributed by atoms with Crippen LogP contribution in [0.15, 0.2) is 42.9 Å². The number of hydrogen-bond acceptors (Lipinski definition) is 4. The Bertz CT molecular complexity index is 1100. The van der Waals surface area contributed by atoms with E-state index in [9.17, 15) is 14.4 Å². The molecule has 0 radical (unpaired) electrons. The number of amides is 3. The number of piperidine rings is 1. The molecule has 2 fully saturated rings. The number of hydrogen-bond donors (Lipinski definition) is 1. The Labute approximate surface area is 180 Å². The van der Waals surface area contributed by atoms with Crippen molar-refractivity contribution < 1.29 is 14.4 Å². The monoisotopic (exact) mass is 419 g/mol. The van der Waals surface area contributed by atoms with Crippen molar-refractivity contribution in [2.24, 2.45) is 5.92 Å². The molecule has 1 aromatic carbocycles. The minimum absolute atomic E-state index is 0.0425. The van der Waals surface area contributed by atoms with Gasteiger partial charge in [-0.15, -0.1) is 0 Å². The molecule has 8 nitrogen and oxygen atoms in total. The molecule has 1 N–H and O–H groups in total. The number of aromatic nitrogens is 2. The number of anilines is 2. The van der Waals surface area contributed by atoms with Crippen molar-refractivity contribution in [2.75, 3.05) is 22.9 Å². The lowest BCUT2D eigenvalue weighted by Crippen LogP contribution is -2.44. The molecular formula is C23H25N5O3. The summed E-state index contributed by atoms with van der Waals surface area (Å²) in [7, 11) is 0. The van der Waals surface area contributed by atoms with E-state index in [4.69, 9.17) is 0 Å². The maximum Gasteiger partial charge on any atom is 0.230 e. The minimum atomic E-state index is -0.124. The smallest absolute Gasteiger partial charge is 0.230 e. The van der Waals surface area contributed by atoms with Gasteiger partial charge in [0, 0.05) is 43.3 Å². The summed E-state index contributed by atoms with van der Waals surface area (Å²) in [5.41, 5.74) is 3.83. The largest absolute Gasteiger partial charge is 0.356 e. The van der Waals surface area contributed by atoms with Gasteiger partial charge in [-0.1, -0.05) is 12.6 Å². The molecule has 2 aromatic rings. The highest BCUT2D eigenvalue weighted by molar-refractivity contribution is 6.07. The lowest BCUT2D eigenvalue weighted by Gasteiger charge is -2.38. The fourth-order valence-corrected chi connectivity index (χ4v) is 4.44. The van der Waals surface area contributed by atoms with Gasteiger partial charge in [0.05, 0.1) is 30.2 Å². The van der Waals surface area contributed by atoms with Crippen LogP contribution in [0.3, 0.4) is 0 Å². The SMILES string of the molecule is C=C1CN(C(=O)C2CC2)c2cc(-c3cnn(C4CCNC(=O)C4)c3)ccc2N1C(C)=O. The van der Waals surface area contributed by atoms with Crippen LogP contribution in [0.5, 0.6) is 0 Å². The zero-order chi connectivity index (χ0) is 21.7. The van der Waals surface area contributed by atoms with Crippen molar-refractivity contribution in [1.82, 2.24) is 15.1 Å². The van der Waals surface area contributed by atoms with Crippen LogP contribution in [0.4, 0.5) is 11.4 Å². The first-order valence-corrected chi connectivity index (χ1v) is 10.7. The highest BCUT2D eigenvalue weighted by atomic mass is 16.2. The van der Waals surface area contributed by atoms with E-state index < -0.39 is 0 Å². The molecule has 2 aliphatic heterocycles. The molecule has 3 aliphatic rings. The van der Waals surface area contributed by atoms with Crippen molar-refractivity contribution in [3.05, 3.63) is 42.9 Å². The van der Waals surface area contributed by atoms with E-state index in [0.29, 0.717) is 30.9 Å². The van der Waals surface area contributed by atoms with Crippen LogP contribution in [-0.2, 0) is 14.4 Å².